The first-order valence-electron chi connectivity index (χ1n) is 8.71. The Kier molecular flexibility index (Phi) is 5.65. The molecule has 3 nitrogen and oxygen atoms in total. The van der Waals surface area contributed by atoms with E-state index in [4.69, 9.17) is 16.3 Å². The molecule has 144 valence electrons. The van der Waals surface area contributed by atoms with E-state index >= 15 is 0 Å². The standard InChI is InChI=1S/C20H19ClF3NO2/c1-12(27-18-8-4-6-13-5-2-3-7-15(13)18)19(26)25-17-11-14(20(22,23)24)9-10-16(17)21/h4,6,8-12H,2-3,5,7H2,1H3,(H,25,26)/t12-/m1/s1. The third kappa shape index (κ3) is 4.56. The van der Waals surface area contributed by atoms with Crippen LogP contribution in [0.2, 0.25) is 5.02 Å². The summed E-state index contributed by atoms with van der Waals surface area (Å²) in [6, 6.07) is 8.54. The molecule has 1 amide bonds. The van der Waals surface area contributed by atoms with E-state index in [-0.39, 0.29) is 10.7 Å². The molecule has 0 heterocycles. The second-order valence-electron chi connectivity index (χ2n) is 6.54. The maximum atomic E-state index is 12.9. The van der Waals surface area contributed by atoms with Crippen molar-refractivity contribution in [1.29, 1.82) is 0 Å². The fraction of sp³-hybridized carbons (Fsp3) is 0.350. The summed E-state index contributed by atoms with van der Waals surface area (Å²) in [6.07, 6.45) is -1.35. The molecule has 1 aliphatic rings. The number of carbonyl (C=O) groups is 1. The van der Waals surface area contributed by atoms with Gasteiger partial charge in [-0.15, -0.1) is 0 Å². The van der Waals surface area contributed by atoms with Gasteiger partial charge >= 0.3 is 6.18 Å². The minimum Gasteiger partial charge on any atom is -0.481 e. The number of anilines is 1. The lowest BCUT2D eigenvalue weighted by atomic mass is 9.91. The Hall–Kier alpha value is -2.21. The summed E-state index contributed by atoms with van der Waals surface area (Å²) >= 11 is 5.93. The van der Waals surface area contributed by atoms with Gasteiger partial charge in [-0.2, -0.15) is 13.2 Å². The van der Waals surface area contributed by atoms with Crippen LogP contribution in [0.1, 0.15) is 36.5 Å². The highest BCUT2D eigenvalue weighted by Gasteiger charge is 2.31. The Balaban J connectivity index is 1.74. The van der Waals surface area contributed by atoms with Crippen LogP contribution < -0.4 is 10.1 Å². The molecule has 7 heteroatoms. The number of amides is 1. The van der Waals surface area contributed by atoms with E-state index in [1.165, 1.54) is 5.56 Å². The highest BCUT2D eigenvalue weighted by atomic mass is 35.5. The highest BCUT2D eigenvalue weighted by Crippen LogP contribution is 2.34. The largest absolute Gasteiger partial charge is 0.481 e. The summed E-state index contributed by atoms with van der Waals surface area (Å²) < 4.78 is 44.4. The van der Waals surface area contributed by atoms with Crippen LogP contribution in [0.3, 0.4) is 0 Å². The van der Waals surface area contributed by atoms with Gasteiger partial charge < -0.3 is 10.1 Å². The molecule has 3 rings (SSSR count). The van der Waals surface area contributed by atoms with Gasteiger partial charge in [-0.25, -0.2) is 0 Å². The van der Waals surface area contributed by atoms with Gasteiger partial charge in [0, 0.05) is 0 Å². The third-order valence-corrected chi connectivity index (χ3v) is 4.91. The highest BCUT2D eigenvalue weighted by molar-refractivity contribution is 6.33. The van der Waals surface area contributed by atoms with E-state index in [2.05, 4.69) is 11.4 Å². The Bertz CT molecular complexity index is 852. The number of ether oxygens (including phenoxy) is 1. The molecule has 2 aromatic carbocycles. The first kappa shape index (κ1) is 19.5. The molecule has 0 aliphatic heterocycles. The molecule has 0 unspecified atom stereocenters. The number of hydrogen-bond donors (Lipinski definition) is 1. The quantitative estimate of drug-likeness (QED) is 0.724. The van der Waals surface area contributed by atoms with Gasteiger partial charge in [0.25, 0.3) is 5.91 Å². The Morgan fingerprint density at radius 1 is 1.19 bits per heavy atom. The molecule has 1 aliphatic carbocycles. The molecule has 0 aromatic heterocycles. The molecule has 1 N–H and O–H groups in total. The molecule has 0 radical (unpaired) electrons. The zero-order valence-electron chi connectivity index (χ0n) is 14.7. The van der Waals surface area contributed by atoms with E-state index in [1.807, 2.05) is 12.1 Å². The smallest absolute Gasteiger partial charge is 0.416 e. The van der Waals surface area contributed by atoms with Crippen LogP contribution in [0, 0.1) is 0 Å². The molecule has 27 heavy (non-hydrogen) atoms. The fourth-order valence-electron chi connectivity index (χ4n) is 3.13. The Morgan fingerprint density at radius 3 is 2.67 bits per heavy atom. The molecule has 0 saturated carbocycles. The van der Waals surface area contributed by atoms with Crippen LogP contribution in [-0.2, 0) is 23.8 Å². The van der Waals surface area contributed by atoms with Crippen LogP contribution in [-0.4, -0.2) is 12.0 Å². The van der Waals surface area contributed by atoms with Crippen LogP contribution in [0.4, 0.5) is 18.9 Å². The van der Waals surface area contributed by atoms with Crippen molar-refractivity contribution < 1.29 is 22.7 Å². The number of rotatable bonds is 4. The van der Waals surface area contributed by atoms with Crippen molar-refractivity contribution in [3.63, 3.8) is 0 Å². The number of nitrogens with one attached hydrogen (secondary N) is 1. The predicted octanol–water partition coefficient (Wildman–Crippen LogP) is 5.64. The van der Waals surface area contributed by atoms with Crippen LogP contribution in [0.25, 0.3) is 0 Å². The first-order chi connectivity index (χ1) is 12.8. The van der Waals surface area contributed by atoms with Crippen molar-refractivity contribution in [2.75, 3.05) is 5.32 Å². The zero-order valence-corrected chi connectivity index (χ0v) is 15.5. The van der Waals surface area contributed by atoms with Gasteiger partial charge in [-0.1, -0.05) is 23.7 Å². The average Bonchev–Trinajstić information content (AvgIpc) is 2.62. The van der Waals surface area contributed by atoms with Crippen LogP contribution >= 0.6 is 11.6 Å². The van der Waals surface area contributed by atoms with Crippen molar-refractivity contribution in [2.24, 2.45) is 0 Å². The van der Waals surface area contributed by atoms with Gasteiger partial charge in [-0.05, 0) is 68.0 Å². The lowest BCUT2D eigenvalue weighted by Crippen LogP contribution is -2.30. The summed E-state index contributed by atoms with van der Waals surface area (Å²) in [7, 11) is 0. The second kappa shape index (κ2) is 7.80. The Labute approximate surface area is 160 Å². The number of benzene rings is 2. The average molecular weight is 398 g/mol. The number of alkyl halides is 3. The van der Waals surface area contributed by atoms with E-state index in [0.29, 0.717) is 5.75 Å². The minimum atomic E-state index is -4.52. The number of carbonyl (C=O) groups excluding carboxylic acids is 1. The molecule has 0 fully saturated rings. The molecule has 0 saturated heterocycles. The number of halogens is 4. The summed E-state index contributed by atoms with van der Waals surface area (Å²) in [6.45, 7) is 1.55. The molecule has 1 atom stereocenters. The van der Waals surface area contributed by atoms with E-state index in [9.17, 15) is 18.0 Å². The SMILES string of the molecule is C[C@@H](Oc1cccc2c1CCCC2)C(=O)Nc1cc(C(F)(F)F)ccc1Cl. The van der Waals surface area contributed by atoms with Gasteiger partial charge in [0.15, 0.2) is 6.10 Å². The van der Waals surface area contributed by atoms with Crippen LogP contribution in [0.15, 0.2) is 36.4 Å². The summed E-state index contributed by atoms with van der Waals surface area (Å²) in [5, 5.41) is 2.46. The minimum absolute atomic E-state index is 0.0284. The van der Waals surface area contributed by atoms with Gasteiger partial charge in [0.1, 0.15) is 5.75 Å². The second-order valence-corrected chi connectivity index (χ2v) is 6.95. The lowest BCUT2D eigenvalue weighted by molar-refractivity contribution is -0.137. The number of hydrogen-bond acceptors (Lipinski definition) is 2. The zero-order chi connectivity index (χ0) is 19.6. The van der Waals surface area contributed by atoms with Crippen molar-refractivity contribution in [1.82, 2.24) is 0 Å². The fourth-order valence-corrected chi connectivity index (χ4v) is 3.30. The lowest BCUT2D eigenvalue weighted by Gasteiger charge is -2.22. The monoisotopic (exact) mass is 397 g/mol. The molecule has 0 bridgehead atoms. The van der Waals surface area contributed by atoms with E-state index in [1.54, 1.807) is 6.92 Å². The maximum Gasteiger partial charge on any atom is 0.416 e. The topological polar surface area (TPSA) is 38.3 Å². The van der Waals surface area contributed by atoms with Gasteiger partial charge in [0.05, 0.1) is 16.3 Å². The summed E-state index contributed by atoms with van der Waals surface area (Å²) in [4.78, 5) is 12.4. The number of aryl methyl sites for hydroxylation is 1. The van der Waals surface area contributed by atoms with Gasteiger partial charge in [0.2, 0.25) is 0 Å². The first-order valence-corrected chi connectivity index (χ1v) is 9.08. The van der Waals surface area contributed by atoms with Gasteiger partial charge in [-0.3, -0.25) is 4.79 Å². The van der Waals surface area contributed by atoms with E-state index < -0.39 is 23.8 Å². The summed E-state index contributed by atoms with van der Waals surface area (Å²) in [5.74, 6) is 0.0784. The predicted molar refractivity (Wildman–Crippen MR) is 98.3 cm³/mol. The van der Waals surface area contributed by atoms with Crippen molar-refractivity contribution in [2.45, 2.75) is 44.9 Å². The Morgan fingerprint density at radius 2 is 1.93 bits per heavy atom. The molecular weight excluding hydrogens is 379 g/mol. The van der Waals surface area contributed by atoms with Crippen LogP contribution in [0.5, 0.6) is 5.75 Å². The van der Waals surface area contributed by atoms with E-state index in [0.717, 1.165) is 49.4 Å². The van der Waals surface area contributed by atoms with Crippen molar-refractivity contribution in [3.8, 4) is 5.75 Å². The molecule has 2 aromatic rings. The normalized spacial score (nSPS) is 15.0. The van der Waals surface area contributed by atoms with Crippen molar-refractivity contribution in [3.05, 3.63) is 58.1 Å². The van der Waals surface area contributed by atoms with Crippen molar-refractivity contribution >= 4 is 23.2 Å². The molecular formula is C20H19ClF3NO2. The summed E-state index contributed by atoms with van der Waals surface area (Å²) in [5.41, 5.74) is 1.34. The third-order valence-electron chi connectivity index (χ3n) is 4.58. The molecule has 0 spiro atoms. The maximum absolute atomic E-state index is 12.9. The number of fused-ring (bicyclic) bond motifs is 1.